The van der Waals surface area contributed by atoms with Crippen LogP contribution in [0, 0.1) is 6.92 Å². The normalized spacial score (nSPS) is 13.4. The summed E-state index contributed by atoms with van der Waals surface area (Å²) < 4.78 is 41.2. The van der Waals surface area contributed by atoms with Crippen LogP contribution in [-0.4, -0.2) is 24.9 Å². The first-order valence-electron chi connectivity index (χ1n) is 5.92. The van der Waals surface area contributed by atoms with Crippen LogP contribution in [0.1, 0.15) is 24.1 Å². The van der Waals surface area contributed by atoms with Gasteiger partial charge in [-0.1, -0.05) is 17.7 Å². The molecule has 0 aliphatic carbocycles. The molecule has 1 rings (SSSR count). The van der Waals surface area contributed by atoms with Crippen molar-refractivity contribution in [1.29, 1.82) is 0 Å². The van der Waals surface area contributed by atoms with Gasteiger partial charge in [-0.3, -0.25) is 0 Å². The van der Waals surface area contributed by atoms with Crippen LogP contribution in [-0.2, 0) is 0 Å². The predicted octanol–water partition coefficient (Wildman–Crippen LogP) is 3.91. The van der Waals surface area contributed by atoms with Gasteiger partial charge in [0, 0.05) is 23.9 Å². The summed E-state index contributed by atoms with van der Waals surface area (Å²) in [6.07, 6.45) is 0. The number of methoxy groups -OCH3 is 1. The Balaban J connectivity index is 2.53. The maximum absolute atomic E-state index is 12.0. The molecule has 6 heteroatoms. The molecule has 1 aromatic carbocycles. The molecule has 0 spiro atoms. The van der Waals surface area contributed by atoms with E-state index in [1.165, 1.54) is 0 Å². The van der Waals surface area contributed by atoms with E-state index in [1.54, 1.807) is 7.11 Å². The number of aryl methyl sites for hydroxylation is 1. The van der Waals surface area contributed by atoms with Crippen LogP contribution in [0.5, 0.6) is 5.75 Å². The van der Waals surface area contributed by atoms with Gasteiger partial charge in [-0.05, 0) is 31.7 Å². The van der Waals surface area contributed by atoms with Crippen LogP contribution >= 0.6 is 11.8 Å². The second-order valence-electron chi connectivity index (χ2n) is 4.22. The highest BCUT2D eigenvalue weighted by Gasteiger charge is 2.27. The van der Waals surface area contributed by atoms with Crippen LogP contribution in [0.15, 0.2) is 18.2 Å². The third-order valence-electron chi connectivity index (χ3n) is 2.67. The molecule has 0 saturated heterocycles. The minimum atomic E-state index is -4.16. The Labute approximate surface area is 115 Å². The van der Waals surface area contributed by atoms with Crippen LogP contribution in [0.3, 0.4) is 0 Å². The zero-order chi connectivity index (χ0) is 14.5. The van der Waals surface area contributed by atoms with Crippen LogP contribution < -0.4 is 10.1 Å². The molecule has 1 aromatic rings. The van der Waals surface area contributed by atoms with E-state index in [9.17, 15) is 13.2 Å². The summed E-state index contributed by atoms with van der Waals surface area (Å²) in [5, 5.41) is 3.07. The highest BCUT2D eigenvalue weighted by Crippen LogP contribution is 2.30. The molecule has 0 bridgehead atoms. The van der Waals surface area contributed by atoms with Crippen molar-refractivity contribution in [3.63, 3.8) is 0 Å². The van der Waals surface area contributed by atoms with Crippen molar-refractivity contribution in [2.75, 3.05) is 19.4 Å². The molecular formula is C13H18F3NOS. The number of halogens is 3. The average Bonchev–Trinajstić information content (AvgIpc) is 2.33. The molecule has 0 amide bonds. The summed E-state index contributed by atoms with van der Waals surface area (Å²) in [6, 6.07) is 5.73. The van der Waals surface area contributed by atoms with Crippen LogP contribution in [0.4, 0.5) is 13.2 Å². The molecule has 0 aliphatic rings. The molecule has 0 heterocycles. The first kappa shape index (κ1) is 16.2. The SMILES string of the molecule is COc1ccc(C)cc1C(C)NCCSC(F)(F)F. The molecule has 108 valence electrons. The summed E-state index contributed by atoms with van der Waals surface area (Å²) in [6.45, 7) is 4.17. The van der Waals surface area contributed by atoms with Gasteiger partial charge in [-0.25, -0.2) is 0 Å². The van der Waals surface area contributed by atoms with Crippen LogP contribution in [0.25, 0.3) is 0 Å². The predicted molar refractivity (Wildman–Crippen MR) is 72.7 cm³/mol. The summed E-state index contributed by atoms with van der Waals surface area (Å²) in [5.41, 5.74) is -2.11. The highest BCUT2D eigenvalue weighted by molar-refractivity contribution is 8.00. The van der Waals surface area contributed by atoms with E-state index in [1.807, 2.05) is 32.0 Å². The Hall–Kier alpha value is -0.880. The Morgan fingerprint density at radius 1 is 1.37 bits per heavy atom. The first-order valence-corrected chi connectivity index (χ1v) is 6.90. The van der Waals surface area contributed by atoms with Gasteiger partial charge in [0.05, 0.1) is 7.11 Å². The zero-order valence-electron chi connectivity index (χ0n) is 11.2. The van der Waals surface area contributed by atoms with E-state index >= 15 is 0 Å². The van der Waals surface area contributed by atoms with E-state index in [-0.39, 0.29) is 23.6 Å². The topological polar surface area (TPSA) is 21.3 Å². The van der Waals surface area contributed by atoms with Crippen molar-refractivity contribution in [2.45, 2.75) is 25.4 Å². The van der Waals surface area contributed by atoms with Gasteiger partial charge in [-0.15, -0.1) is 0 Å². The lowest BCUT2D eigenvalue weighted by Gasteiger charge is -2.18. The van der Waals surface area contributed by atoms with Gasteiger partial charge < -0.3 is 10.1 Å². The van der Waals surface area contributed by atoms with Crippen molar-refractivity contribution in [3.05, 3.63) is 29.3 Å². The second kappa shape index (κ2) is 7.05. The average molecular weight is 293 g/mol. The smallest absolute Gasteiger partial charge is 0.441 e. The summed E-state index contributed by atoms with van der Waals surface area (Å²) in [5.74, 6) is 0.746. The molecule has 1 unspecified atom stereocenters. The Morgan fingerprint density at radius 2 is 2.05 bits per heavy atom. The van der Waals surface area contributed by atoms with E-state index in [0.717, 1.165) is 16.9 Å². The van der Waals surface area contributed by atoms with Crippen molar-refractivity contribution in [3.8, 4) is 5.75 Å². The number of hydrogen-bond donors (Lipinski definition) is 1. The Bertz CT molecular complexity index is 409. The lowest BCUT2D eigenvalue weighted by Crippen LogP contribution is -2.23. The zero-order valence-corrected chi connectivity index (χ0v) is 12.0. The van der Waals surface area contributed by atoms with Gasteiger partial charge in [0.15, 0.2) is 0 Å². The molecule has 0 fully saturated rings. The highest BCUT2D eigenvalue weighted by atomic mass is 32.2. The van der Waals surface area contributed by atoms with Crippen molar-refractivity contribution < 1.29 is 17.9 Å². The lowest BCUT2D eigenvalue weighted by molar-refractivity contribution is -0.0327. The summed E-state index contributed by atoms with van der Waals surface area (Å²) in [4.78, 5) is 0. The molecule has 1 N–H and O–H groups in total. The number of alkyl halides is 3. The summed E-state index contributed by atoms with van der Waals surface area (Å²) >= 11 is -0.00990. The van der Waals surface area contributed by atoms with Gasteiger partial charge in [0.25, 0.3) is 0 Å². The van der Waals surface area contributed by atoms with Gasteiger partial charge >= 0.3 is 5.51 Å². The molecule has 0 aromatic heterocycles. The molecule has 2 nitrogen and oxygen atoms in total. The maximum Gasteiger partial charge on any atom is 0.441 e. The molecular weight excluding hydrogens is 275 g/mol. The largest absolute Gasteiger partial charge is 0.496 e. The maximum atomic E-state index is 12.0. The third-order valence-corrected chi connectivity index (χ3v) is 3.41. The number of hydrogen-bond acceptors (Lipinski definition) is 3. The number of ether oxygens (including phenoxy) is 1. The summed E-state index contributed by atoms with van der Waals surface area (Å²) in [7, 11) is 1.58. The first-order chi connectivity index (χ1) is 8.83. The quantitative estimate of drug-likeness (QED) is 0.804. The van der Waals surface area contributed by atoms with E-state index in [2.05, 4.69) is 5.32 Å². The van der Waals surface area contributed by atoms with Crippen molar-refractivity contribution >= 4 is 11.8 Å². The van der Waals surface area contributed by atoms with Crippen LogP contribution in [0.2, 0.25) is 0 Å². The monoisotopic (exact) mass is 293 g/mol. The fourth-order valence-corrected chi connectivity index (χ4v) is 2.20. The third kappa shape index (κ3) is 5.74. The Kier molecular flexibility index (Phi) is 6.00. The number of benzene rings is 1. The van der Waals surface area contributed by atoms with E-state index in [0.29, 0.717) is 6.54 Å². The minimum absolute atomic E-state index is 0.00196. The fourth-order valence-electron chi connectivity index (χ4n) is 1.74. The molecule has 19 heavy (non-hydrogen) atoms. The standard InChI is InChI=1S/C13H18F3NOS/c1-9-4-5-12(18-3)11(8-9)10(2)17-6-7-19-13(14,15)16/h4-5,8,10,17H,6-7H2,1-3H3. The van der Waals surface area contributed by atoms with E-state index < -0.39 is 5.51 Å². The Morgan fingerprint density at radius 3 is 2.63 bits per heavy atom. The van der Waals surface area contributed by atoms with E-state index in [4.69, 9.17) is 4.74 Å². The molecule has 0 aliphatic heterocycles. The fraction of sp³-hybridized carbons (Fsp3) is 0.538. The molecule has 0 radical (unpaired) electrons. The molecule has 0 saturated carbocycles. The number of rotatable bonds is 6. The lowest BCUT2D eigenvalue weighted by atomic mass is 10.0. The van der Waals surface area contributed by atoms with Gasteiger partial charge in [-0.2, -0.15) is 13.2 Å². The number of nitrogens with one attached hydrogen (secondary N) is 1. The number of thioether (sulfide) groups is 1. The second-order valence-corrected chi connectivity index (χ2v) is 5.38. The van der Waals surface area contributed by atoms with Crippen molar-refractivity contribution in [1.82, 2.24) is 5.32 Å². The molecule has 1 atom stereocenters. The van der Waals surface area contributed by atoms with Gasteiger partial charge in [0.1, 0.15) is 5.75 Å². The van der Waals surface area contributed by atoms with Crippen molar-refractivity contribution in [2.24, 2.45) is 0 Å². The van der Waals surface area contributed by atoms with Gasteiger partial charge in [0.2, 0.25) is 0 Å². The minimum Gasteiger partial charge on any atom is -0.496 e.